The van der Waals surface area contributed by atoms with Gasteiger partial charge in [0.1, 0.15) is 5.78 Å². The molecule has 0 bridgehead atoms. The van der Waals surface area contributed by atoms with Crippen LogP contribution in [0.15, 0.2) is 30.3 Å². The van der Waals surface area contributed by atoms with Crippen molar-refractivity contribution in [2.75, 3.05) is 12.4 Å². The maximum Gasteiger partial charge on any atom is 0.149 e. The third-order valence-corrected chi connectivity index (χ3v) is 5.09. The number of carbonyl (C=O) groups excluding carboxylic acids is 1. The van der Waals surface area contributed by atoms with Crippen LogP contribution < -0.4 is 0 Å². The van der Waals surface area contributed by atoms with Crippen LogP contribution in [0.2, 0.25) is 0 Å². The Bertz CT molecular complexity index is 430. The molecule has 3 unspecified atom stereocenters. The standard InChI is InChI=1S/C14H18O3S/c1-11-14(7-8-17-11)18(16)10-13(15)9-12-5-3-2-4-6-12/h2-6,11,14H,7-10H2,1H3. The predicted molar refractivity (Wildman–Crippen MR) is 72.0 cm³/mol. The molecule has 1 aliphatic rings. The molecule has 2 rings (SSSR count). The molecule has 0 aliphatic carbocycles. The lowest BCUT2D eigenvalue weighted by Gasteiger charge is -2.12. The zero-order valence-electron chi connectivity index (χ0n) is 10.5. The molecular weight excluding hydrogens is 248 g/mol. The molecule has 98 valence electrons. The fourth-order valence-electron chi connectivity index (χ4n) is 2.20. The van der Waals surface area contributed by atoms with Gasteiger partial charge in [0.2, 0.25) is 0 Å². The molecule has 0 aromatic heterocycles. The Hall–Kier alpha value is -1.00. The van der Waals surface area contributed by atoms with Crippen LogP contribution in [0.3, 0.4) is 0 Å². The molecule has 0 spiro atoms. The van der Waals surface area contributed by atoms with Gasteiger partial charge in [-0.05, 0) is 18.9 Å². The minimum absolute atomic E-state index is 0.00959. The first-order valence-electron chi connectivity index (χ1n) is 6.21. The highest BCUT2D eigenvalue weighted by atomic mass is 32.2. The monoisotopic (exact) mass is 266 g/mol. The fraction of sp³-hybridized carbons (Fsp3) is 0.500. The Kier molecular flexibility index (Phi) is 4.66. The molecular formula is C14H18O3S. The van der Waals surface area contributed by atoms with Gasteiger partial charge in [-0.3, -0.25) is 9.00 Å². The van der Waals surface area contributed by atoms with E-state index in [1.54, 1.807) is 0 Å². The van der Waals surface area contributed by atoms with Gasteiger partial charge in [-0.25, -0.2) is 0 Å². The highest BCUT2D eigenvalue weighted by Gasteiger charge is 2.30. The Morgan fingerprint density at radius 3 is 2.72 bits per heavy atom. The minimum Gasteiger partial charge on any atom is -0.377 e. The summed E-state index contributed by atoms with van der Waals surface area (Å²) in [5.74, 6) is 0.186. The molecule has 1 saturated heterocycles. The zero-order chi connectivity index (χ0) is 13.0. The number of rotatable bonds is 5. The van der Waals surface area contributed by atoms with Crippen molar-refractivity contribution < 1.29 is 13.7 Å². The van der Waals surface area contributed by atoms with Crippen LogP contribution in [-0.2, 0) is 26.8 Å². The van der Waals surface area contributed by atoms with Crippen LogP contribution in [0, 0.1) is 0 Å². The Morgan fingerprint density at radius 1 is 1.39 bits per heavy atom. The van der Waals surface area contributed by atoms with Gasteiger partial charge < -0.3 is 4.74 Å². The van der Waals surface area contributed by atoms with Gasteiger partial charge >= 0.3 is 0 Å². The maximum absolute atomic E-state index is 12.1. The Labute approximate surface area is 110 Å². The summed E-state index contributed by atoms with van der Waals surface area (Å²) in [5, 5.41) is 0.0183. The second kappa shape index (κ2) is 6.25. The first-order valence-corrected chi connectivity index (χ1v) is 7.59. The number of Topliss-reactive ketones (excluding diaryl/α,β-unsaturated/α-hetero) is 1. The minimum atomic E-state index is -1.10. The summed E-state index contributed by atoms with van der Waals surface area (Å²) in [7, 11) is -1.10. The van der Waals surface area contributed by atoms with Crippen molar-refractivity contribution >= 4 is 16.6 Å². The van der Waals surface area contributed by atoms with Crippen LogP contribution in [0.1, 0.15) is 18.9 Å². The molecule has 1 aromatic carbocycles. The largest absolute Gasteiger partial charge is 0.377 e. The van der Waals surface area contributed by atoms with Crippen molar-refractivity contribution in [3.05, 3.63) is 35.9 Å². The normalized spacial score (nSPS) is 24.9. The topological polar surface area (TPSA) is 43.4 Å². The van der Waals surface area contributed by atoms with Crippen LogP contribution in [0.5, 0.6) is 0 Å². The van der Waals surface area contributed by atoms with Crippen LogP contribution in [0.4, 0.5) is 0 Å². The smallest absolute Gasteiger partial charge is 0.149 e. The second-order valence-corrected chi connectivity index (χ2v) is 6.28. The number of benzene rings is 1. The molecule has 18 heavy (non-hydrogen) atoms. The number of carbonyl (C=O) groups is 1. The van der Waals surface area contributed by atoms with E-state index in [1.165, 1.54) is 0 Å². The number of hydrogen-bond donors (Lipinski definition) is 0. The predicted octanol–water partition coefficient (Wildman–Crippen LogP) is 1.72. The molecule has 3 atom stereocenters. The third-order valence-electron chi connectivity index (χ3n) is 3.19. The van der Waals surface area contributed by atoms with E-state index < -0.39 is 10.8 Å². The summed E-state index contributed by atoms with van der Waals surface area (Å²) < 4.78 is 17.4. The molecule has 3 nitrogen and oxygen atoms in total. The lowest BCUT2D eigenvalue weighted by atomic mass is 10.1. The summed E-state index contributed by atoms with van der Waals surface area (Å²) in [4.78, 5) is 11.9. The van der Waals surface area contributed by atoms with Crippen molar-refractivity contribution in [2.24, 2.45) is 0 Å². The number of hydrogen-bond acceptors (Lipinski definition) is 3. The Balaban J connectivity index is 1.86. The molecule has 0 amide bonds. The number of ether oxygens (including phenoxy) is 1. The number of ketones is 1. The first kappa shape index (κ1) is 13.4. The summed E-state index contributed by atoms with van der Waals surface area (Å²) in [6, 6.07) is 9.58. The average Bonchev–Trinajstić information content (AvgIpc) is 2.76. The Morgan fingerprint density at radius 2 is 2.11 bits per heavy atom. The van der Waals surface area contributed by atoms with Crippen molar-refractivity contribution in [3.63, 3.8) is 0 Å². The second-order valence-electron chi connectivity index (χ2n) is 4.63. The first-order chi connectivity index (χ1) is 8.66. The summed E-state index contributed by atoms with van der Waals surface area (Å²) >= 11 is 0. The maximum atomic E-state index is 12.1. The van der Waals surface area contributed by atoms with Crippen LogP contribution in [-0.4, -0.2) is 33.7 Å². The van der Waals surface area contributed by atoms with Gasteiger partial charge in [-0.2, -0.15) is 0 Å². The highest BCUT2D eigenvalue weighted by Crippen LogP contribution is 2.19. The van der Waals surface area contributed by atoms with E-state index in [4.69, 9.17) is 4.74 Å². The van der Waals surface area contributed by atoms with E-state index in [0.29, 0.717) is 13.0 Å². The lowest BCUT2D eigenvalue weighted by Crippen LogP contribution is -2.28. The molecule has 0 saturated carbocycles. The van der Waals surface area contributed by atoms with Gasteiger partial charge in [-0.15, -0.1) is 0 Å². The van der Waals surface area contributed by atoms with Gasteiger partial charge in [0.25, 0.3) is 0 Å². The van der Waals surface area contributed by atoms with Crippen molar-refractivity contribution in [1.29, 1.82) is 0 Å². The lowest BCUT2D eigenvalue weighted by molar-refractivity contribution is -0.116. The summed E-state index contributed by atoms with van der Waals surface area (Å²) in [6.45, 7) is 2.59. The molecule has 0 N–H and O–H groups in total. The molecule has 1 fully saturated rings. The van der Waals surface area contributed by atoms with Crippen LogP contribution >= 0.6 is 0 Å². The third kappa shape index (κ3) is 3.50. The SMILES string of the molecule is CC1OCCC1S(=O)CC(=O)Cc1ccccc1. The van der Waals surface area contributed by atoms with Crippen molar-refractivity contribution in [1.82, 2.24) is 0 Å². The highest BCUT2D eigenvalue weighted by molar-refractivity contribution is 7.86. The van der Waals surface area contributed by atoms with E-state index in [9.17, 15) is 9.00 Å². The molecule has 1 heterocycles. The zero-order valence-corrected chi connectivity index (χ0v) is 11.3. The molecule has 1 aromatic rings. The summed E-state index contributed by atoms with van der Waals surface area (Å²) in [6.07, 6.45) is 1.18. The fourth-order valence-corrected chi connectivity index (χ4v) is 3.70. The van der Waals surface area contributed by atoms with Gasteiger partial charge in [0.05, 0.1) is 17.1 Å². The van der Waals surface area contributed by atoms with E-state index in [0.717, 1.165) is 12.0 Å². The van der Waals surface area contributed by atoms with E-state index in [2.05, 4.69) is 0 Å². The van der Waals surface area contributed by atoms with Gasteiger partial charge in [0, 0.05) is 23.8 Å². The van der Waals surface area contributed by atoms with Gasteiger partial charge in [0.15, 0.2) is 0 Å². The average molecular weight is 266 g/mol. The summed E-state index contributed by atoms with van der Waals surface area (Å²) in [5.41, 5.74) is 0.982. The van der Waals surface area contributed by atoms with Gasteiger partial charge in [-0.1, -0.05) is 30.3 Å². The molecule has 0 radical (unpaired) electrons. The quantitative estimate of drug-likeness (QED) is 0.815. The molecule has 1 aliphatic heterocycles. The van der Waals surface area contributed by atoms with Crippen LogP contribution in [0.25, 0.3) is 0 Å². The van der Waals surface area contributed by atoms with Crippen molar-refractivity contribution in [3.8, 4) is 0 Å². The molecule has 4 heteroatoms. The van der Waals surface area contributed by atoms with E-state index >= 15 is 0 Å². The van der Waals surface area contributed by atoms with Crippen molar-refractivity contribution in [2.45, 2.75) is 31.1 Å². The van der Waals surface area contributed by atoms with E-state index in [1.807, 2.05) is 37.3 Å². The van der Waals surface area contributed by atoms with E-state index in [-0.39, 0.29) is 22.9 Å².